The molecule has 0 spiro atoms. The van der Waals surface area contributed by atoms with Crippen LogP contribution < -0.4 is 10.2 Å². The van der Waals surface area contributed by atoms with Gasteiger partial charge in [0.2, 0.25) is 11.8 Å². The molecule has 1 unspecified atom stereocenters. The molecule has 1 fully saturated rings. The Morgan fingerprint density at radius 2 is 2.21 bits per heavy atom. The van der Waals surface area contributed by atoms with Crippen molar-refractivity contribution in [3.8, 4) is 0 Å². The summed E-state index contributed by atoms with van der Waals surface area (Å²) >= 11 is 0. The molecule has 2 amide bonds. The third-order valence-electron chi connectivity index (χ3n) is 3.17. The highest BCUT2D eigenvalue weighted by Gasteiger charge is 2.34. The lowest BCUT2D eigenvalue weighted by Gasteiger charge is -2.36. The number of benzene rings is 1. The fraction of sp³-hybridized carbons (Fsp3) is 0.385. The maximum Gasteiger partial charge on any atom is 0.249 e. The molecule has 1 heterocycles. The zero-order valence-corrected chi connectivity index (χ0v) is 10.5. The lowest BCUT2D eigenvalue weighted by Crippen LogP contribution is -2.58. The minimum Gasteiger partial charge on any atom is -0.392 e. The van der Waals surface area contributed by atoms with E-state index in [-0.39, 0.29) is 18.8 Å². The van der Waals surface area contributed by atoms with Gasteiger partial charge in [0.05, 0.1) is 18.8 Å². The van der Waals surface area contributed by atoms with Crippen molar-refractivity contribution in [2.75, 3.05) is 11.4 Å². The third kappa shape index (κ3) is 2.44. The molecular formula is C13H15FN2O3. The van der Waals surface area contributed by atoms with Crippen LogP contribution in [0.2, 0.25) is 0 Å². The summed E-state index contributed by atoms with van der Waals surface area (Å²) < 4.78 is 14.0. The number of hydrogen-bond acceptors (Lipinski definition) is 4. The lowest BCUT2D eigenvalue weighted by atomic mass is 10.0. The number of nitrogens with zero attached hydrogens (tertiary/aromatic N) is 1. The Hall–Kier alpha value is -1.95. The molecule has 1 saturated heterocycles. The molecule has 0 saturated carbocycles. The number of rotatable bonds is 3. The van der Waals surface area contributed by atoms with Gasteiger partial charge in [-0.05, 0) is 12.5 Å². The molecule has 1 aliphatic rings. The molecule has 2 rings (SSSR count). The number of halogens is 1. The van der Waals surface area contributed by atoms with Crippen LogP contribution >= 0.6 is 0 Å². The van der Waals surface area contributed by atoms with Crippen LogP contribution in [0.1, 0.15) is 18.9 Å². The van der Waals surface area contributed by atoms with E-state index in [9.17, 15) is 19.1 Å². The van der Waals surface area contributed by atoms with Crippen molar-refractivity contribution >= 4 is 17.5 Å². The Morgan fingerprint density at radius 1 is 1.47 bits per heavy atom. The van der Waals surface area contributed by atoms with Gasteiger partial charge >= 0.3 is 0 Å². The highest BCUT2D eigenvalue weighted by molar-refractivity contribution is 6.04. The van der Waals surface area contributed by atoms with Crippen LogP contribution in [0.25, 0.3) is 0 Å². The summed E-state index contributed by atoms with van der Waals surface area (Å²) in [6.45, 7) is 1.33. The number of carbonyl (C=O) groups is 2. The van der Waals surface area contributed by atoms with Gasteiger partial charge in [0.25, 0.3) is 0 Å². The summed E-state index contributed by atoms with van der Waals surface area (Å²) in [5.74, 6) is -1.46. The normalized spacial score (nSPS) is 19.5. The quantitative estimate of drug-likeness (QED) is 0.784. The minimum absolute atomic E-state index is 0.0990. The zero-order valence-electron chi connectivity index (χ0n) is 10.5. The van der Waals surface area contributed by atoms with Gasteiger partial charge in [-0.1, -0.05) is 19.1 Å². The van der Waals surface area contributed by atoms with E-state index in [1.807, 2.05) is 0 Å². The van der Waals surface area contributed by atoms with Crippen molar-refractivity contribution in [1.29, 1.82) is 0 Å². The molecular weight excluding hydrogens is 251 g/mol. The maximum absolute atomic E-state index is 14.0. The van der Waals surface area contributed by atoms with E-state index in [0.717, 1.165) is 0 Å². The molecule has 5 nitrogen and oxygen atoms in total. The summed E-state index contributed by atoms with van der Waals surface area (Å²) in [5.41, 5.74) is 0.487. The van der Waals surface area contributed by atoms with Crippen LogP contribution in [0.5, 0.6) is 0 Å². The van der Waals surface area contributed by atoms with Crippen LogP contribution in [0.15, 0.2) is 18.2 Å². The van der Waals surface area contributed by atoms with Gasteiger partial charge in [-0.15, -0.1) is 0 Å². The number of aliphatic hydroxyl groups is 1. The van der Waals surface area contributed by atoms with Gasteiger partial charge in [-0.25, -0.2) is 4.39 Å². The summed E-state index contributed by atoms with van der Waals surface area (Å²) in [7, 11) is 0. The lowest BCUT2D eigenvalue weighted by molar-refractivity contribution is -0.132. The van der Waals surface area contributed by atoms with Gasteiger partial charge in [0.15, 0.2) is 0 Å². The number of anilines is 1. The first-order valence-electron chi connectivity index (χ1n) is 6.07. The number of aliphatic hydroxyl groups excluding tert-OH is 1. The average molecular weight is 266 g/mol. The van der Waals surface area contributed by atoms with Crippen molar-refractivity contribution in [2.45, 2.75) is 26.0 Å². The standard InChI is InChI=1S/C13H15FN2O3/c1-2-10-13(19)15-11(18)6-16(10)12-8(7-17)4-3-5-9(12)14/h3-5,10,17H,2,6-7H2,1H3,(H,15,18,19). The number of nitrogens with one attached hydrogen (secondary N) is 1. The zero-order chi connectivity index (χ0) is 14.0. The molecule has 0 bridgehead atoms. The largest absolute Gasteiger partial charge is 0.392 e. The maximum atomic E-state index is 14.0. The van der Waals surface area contributed by atoms with E-state index in [1.165, 1.54) is 17.0 Å². The van der Waals surface area contributed by atoms with Crippen LogP contribution in [-0.4, -0.2) is 29.5 Å². The number of para-hydroxylation sites is 1. The highest BCUT2D eigenvalue weighted by Crippen LogP contribution is 2.28. The van der Waals surface area contributed by atoms with Crippen molar-refractivity contribution in [3.63, 3.8) is 0 Å². The second kappa shape index (κ2) is 5.36. The number of carbonyl (C=O) groups excluding carboxylic acids is 2. The molecule has 1 aromatic carbocycles. The Bertz CT molecular complexity index is 519. The predicted octanol–water partition coefficient (Wildman–Crippen LogP) is 0.559. The van der Waals surface area contributed by atoms with Crippen molar-refractivity contribution in [1.82, 2.24) is 5.32 Å². The van der Waals surface area contributed by atoms with Crippen LogP contribution in [0, 0.1) is 5.82 Å². The number of hydrogen-bond donors (Lipinski definition) is 2. The van der Waals surface area contributed by atoms with E-state index >= 15 is 0 Å². The molecule has 1 aromatic rings. The third-order valence-corrected chi connectivity index (χ3v) is 3.17. The fourth-order valence-corrected chi connectivity index (χ4v) is 2.32. The Labute approximate surface area is 110 Å². The average Bonchev–Trinajstić information content (AvgIpc) is 2.37. The Kier molecular flexibility index (Phi) is 3.80. The van der Waals surface area contributed by atoms with Crippen LogP contribution in [0.3, 0.4) is 0 Å². The van der Waals surface area contributed by atoms with E-state index < -0.39 is 23.7 Å². The first-order chi connectivity index (χ1) is 9.08. The summed E-state index contributed by atoms with van der Waals surface area (Å²) in [4.78, 5) is 24.7. The first kappa shape index (κ1) is 13.5. The predicted molar refractivity (Wildman–Crippen MR) is 66.9 cm³/mol. The minimum atomic E-state index is -0.611. The summed E-state index contributed by atoms with van der Waals surface area (Å²) in [5, 5.41) is 11.5. The molecule has 0 aliphatic carbocycles. The highest BCUT2D eigenvalue weighted by atomic mass is 19.1. The number of imide groups is 1. The molecule has 6 heteroatoms. The molecule has 1 atom stereocenters. The van der Waals surface area contributed by atoms with Crippen LogP contribution in [-0.2, 0) is 16.2 Å². The topological polar surface area (TPSA) is 69.6 Å². The van der Waals surface area contributed by atoms with Gasteiger partial charge in [0.1, 0.15) is 11.9 Å². The molecule has 102 valence electrons. The van der Waals surface area contributed by atoms with E-state index in [2.05, 4.69) is 5.32 Å². The Balaban J connectivity index is 2.48. The monoisotopic (exact) mass is 266 g/mol. The van der Waals surface area contributed by atoms with Gasteiger partial charge < -0.3 is 10.0 Å². The van der Waals surface area contributed by atoms with Crippen molar-refractivity contribution < 1.29 is 19.1 Å². The molecule has 0 radical (unpaired) electrons. The number of piperazine rings is 1. The second-order valence-corrected chi connectivity index (χ2v) is 4.37. The summed E-state index contributed by atoms with van der Waals surface area (Å²) in [6.07, 6.45) is 0.443. The van der Waals surface area contributed by atoms with Gasteiger partial charge in [0, 0.05) is 5.56 Å². The molecule has 19 heavy (non-hydrogen) atoms. The molecule has 2 N–H and O–H groups in total. The Morgan fingerprint density at radius 3 is 2.84 bits per heavy atom. The smallest absolute Gasteiger partial charge is 0.249 e. The first-order valence-corrected chi connectivity index (χ1v) is 6.07. The van der Waals surface area contributed by atoms with E-state index in [4.69, 9.17) is 0 Å². The van der Waals surface area contributed by atoms with Gasteiger partial charge in [-0.3, -0.25) is 14.9 Å². The fourth-order valence-electron chi connectivity index (χ4n) is 2.32. The molecule has 0 aromatic heterocycles. The van der Waals surface area contributed by atoms with E-state index in [0.29, 0.717) is 12.0 Å². The van der Waals surface area contributed by atoms with Crippen molar-refractivity contribution in [3.05, 3.63) is 29.6 Å². The number of amides is 2. The summed E-state index contributed by atoms with van der Waals surface area (Å²) in [6, 6.07) is 3.69. The molecule has 1 aliphatic heterocycles. The van der Waals surface area contributed by atoms with Gasteiger partial charge in [-0.2, -0.15) is 0 Å². The SMILES string of the molecule is CCC1C(=O)NC(=O)CN1c1c(F)cccc1CO. The van der Waals surface area contributed by atoms with Crippen molar-refractivity contribution in [2.24, 2.45) is 0 Å². The van der Waals surface area contributed by atoms with Crippen LogP contribution in [0.4, 0.5) is 10.1 Å². The second-order valence-electron chi connectivity index (χ2n) is 4.37. The van der Waals surface area contributed by atoms with E-state index in [1.54, 1.807) is 13.0 Å².